The van der Waals surface area contributed by atoms with Crippen LogP contribution >= 0.6 is 45.3 Å². The first-order valence-corrected chi connectivity index (χ1v) is 27.6. The molecule has 10 aromatic rings. The van der Waals surface area contributed by atoms with Gasteiger partial charge in [-0.05, 0) is 278 Å². The Kier molecular flexibility index (Phi) is 13.0. The smallest absolute Gasteiger partial charge is 0.0464 e. The van der Waals surface area contributed by atoms with Gasteiger partial charge >= 0.3 is 0 Å². The van der Waals surface area contributed by atoms with Crippen LogP contribution in [0.2, 0.25) is 0 Å². The lowest BCUT2D eigenvalue weighted by Gasteiger charge is -2.28. The number of thiophene rings is 4. The van der Waals surface area contributed by atoms with Crippen molar-refractivity contribution in [3.63, 3.8) is 0 Å². The third-order valence-corrected chi connectivity index (χ3v) is 19.5. The van der Waals surface area contributed by atoms with E-state index in [1.807, 2.05) is 45.3 Å². The summed E-state index contributed by atoms with van der Waals surface area (Å²) < 4.78 is 0. The second-order valence-electron chi connectivity index (χ2n) is 19.3. The molecule has 6 aromatic carbocycles. The van der Waals surface area contributed by atoms with Gasteiger partial charge in [0.25, 0.3) is 0 Å². The minimum absolute atomic E-state index is 1.12. The van der Waals surface area contributed by atoms with Crippen LogP contribution in [-0.2, 0) is 0 Å². The normalized spacial score (nSPS) is 11.4. The molecule has 2 nitrogen and oxygen atoms in total. The molecule has 350 valence electrons. The maximum absolute atomic E-state index is 2.42. The Bertz CT molecular complexity index is 3140. The molecule has 4 heterocycles. The summed E-state index contributed by atoms with van der Waals surface area (Å²) in [6, 6.07) is 46.1. The average Bonchev–Trinajstić information content (AvgIpc) is 4.08. The van der Waals surface area contributed by atoms with Crippen LogP contribution in [-0.4, -0.2) is 0 Å². The van der Waals surface area contributed by atoms with Gasteiger partial charge in [-0.25, -0.2) is 0 Å². The molecule has 0 radical (unpaired) electrons. The van der Waals surface area contributed by atoms with Crippen LogP contribution in [0.3, 0.4) is 0 Å². The van der Waals surface area contributed by atoms with Gasteiger partial charge in [0.2, 0.25) is 0 Å². The third-order valence-electron chi connectivity index (χ3n) is 14.6. The lowest BCUT2D eigenvalue weighted by Crippen LogP contribution is -2.11. The zero-order chi connectivity index (χ0) is 49.1. The molecule has 0 spiro atoms. The second kappa shape index (κ2) is 19.1. The molecule has 0 atom stereocenters. The average molecular weight is 985 g/mol. The first kappa shape index (κ1) is 47.4. The molecule has 0 unspecified atom stereocenters. The molecule has 70 heavy (non-hydrogen) atoms. The maximum Gasteiger partial charge on any atom is 0.0464 e. The minimum atomic E-state index is 1.12. The molecule has 0 N–H and O–H groups in total. The summed E-state index contributed by atoms with van der Waals surface area (Å²) >= 11 is 7.37. The predicted molar refractivity (Wildman–Crippen MR) is 311 cm³/mol. The van der Waals surface area contributed by atoms with E-state index < -0.39 is 0 Å². The molecule has 0 aliphatic rings. The summed E-state index contributed by atoms with van der Waals surface area (Å²) in [5, 5.41) is 9.10. The van der Waals surface area contributed by atoms with Gasteiger partial charge in [-0.1, -0.05) is 48.5 Å². The van der Waals surface area contributed by atoms with Crippen LogP contribution in [0.1, 0.15) is 66.8 Å². The Labute approximate surface area is 431 Å². The fraction of sp³-hybridized carbons (Fsp3) is 0.188. The summed E-state index contributed by atoms with van der Waals surface area (Å²) in [7, 11) is 0. The molecule has 0 saturated heterocycles. The molecule has 0 saturated carbocycles. The third kappa shape index (κ3) is 8.70. The predicted octanol–water partition coefficient (Wildman–Crippen LogP) is 20.9. The Morgan fingerprint density at radius 2 is 0.457 bits per heavy atom. The Hall–Kier alpha value is -6.28. The highest BCUT2D eigenvalue weighted by Gasteiger charge is 2.21. The van der Waals surface area contributed by atoms with Crippen molar-refractivity contribution in [3.8, 4) is 52.9 Å². The fourth-order valence-corrected chi connectivity index (χ4v) is 14.4. The molecule has 6 heteroatoms. The van der Waals surface area contributed by atoms with E-state index in [2.05, 4.69) is 236 Å². The number of anilines is 6. The Balaban J connectivity index is 1.01. The second-order valence-corrected chi connectivity index (χ2v) is 22.8. The van der Waals surface area contributed by atoms with Crippen molar-refractivity contribution in [2.75, 3.05) is 9.80 Å². The molecule has 0 aliphatic carbocycles. The lowest BCUT2D eigenvalue weighted by atomic mass is 9.99. The number of nitrogens with zero attached hydrogens (tertiary/aromatic N) is 2. The highest BCUT2D eigenvalue weighted by Crippen LogP contribution is 2.45. The highest BCUT2D eigenvalue weighted by molar-refractivity contribution is 7.15. The van der Waals surface area contributed by atoms with Crippen molar-refractivity contribution in [2.24, 2.45) is 0 Å². The standard InChI is InChI=1S/C64H60N2S4/c1-37-29-53(21-25-57(37)61-45(9)41(5)33-67-61)65(54-22-26-58(38(2)30-54)62-46(10)42(6)34-68-62)51-17-13-49(14-18-51)50-15-19-52(20-16-50)66(55-23-27-59(39(3)31-55)63-47(11)43(7)35-69-63)56-24-28-60(40(4)32-56)64-48(12)44(8)36-70-64/h13-36H,1-12H3. The van der Waals surface area contributed by atoms with E-state index in [1.165, 1.54) is 120 Å². The number of rotatable bonds is 11. The van der Waals surface area contributed by atoms with Crippen molar-refractivity contribution in [2.45, 2.75) is 83.1 Å². The zero-order valence-corrected chi connectivity index (χ0v) is 45.6. The monoisotopic (exact) mass is 984 g/mol. The van der Waals surface area contributed by atoms with Crippen molar-refractivity contribution >= 4 is 79.5 Å². The summed E-state index contributed by atoms with van der Waals surface area (Å²) in [6.07, 6.45) is 0. The maximum atomic E-state index is 2.42. The van der Waals surface area contributed by atoms with Gasteiger partial charge in [-0.2, -0.15) is 0 Å². The molecule has 0 bridgehead atoms. The quantitative estimate of drug-likeness (QED) is 0.127. The SMILES string of the molecule is Cc1cc(N(c2ccc(-c3ccc(N(c4ccc(-c5scc(C)c5C)c(C)c4)c4ccc(-c5scc(C)c5C)c(C)c4)cc3)cc2)c2ccc(-c3scc(C)c3C)c(C)c2)ccc1-c1scc(C)c1C. The molecular formula is C64H60N2S4. The van der Waals surface area contributed by atoms with Gasteiger partial charge < -0.3 is 9.80 Å². The van der Waals surface area contributed by atoms with Gasteiger partial charge in [0, 0.05) is 53.6 Å². The van der Waals surface area contributed by atoms with E-state index in [4.69, 9.17) is 0 Å². The molecule has 0 fully saturated rings. The van der Waals surface area contributed by atoms with Crippen molar-refractivity contribution < 1.29 is 0 Å². The lowest BCUT2D eigenvalue weighted by molar-refractivity contribution is 1.26. The van der Waals surface area contributed by atoms with Gasteiger partial charge in [-0.15, -0.1) is 45.3 Å². The Morgan fingerprint density at radius 1 is 0.243 bits per heavy atom. The van der Waals surface area contributed by atoms with E-state index >= 15 is 0 Å². The molecule has 4 aromatic heterocycles. The van der Waals surface area contributed by atoms with Crippen LogP contribution in [0, 0.1) is 83.1 Å². The molecular weight excluding hydrogens is 925 g/mol. The van der Waals surface area contributed by atoms with Crippen LogP contribution in [0.25, 0.3) is 52.9 Å². The summed E-state index contributed by atoms with van der Waals surface area (Å²) in [5.41, 5.74) is 30.4. The number of hydrogen-bond acceptors (Lipinski definition) is 6. The fourth-order valence-electron chi connectivity index (χ4n) is 9.74. The number of aryl methyl sites for hydroxylation is 8. The first-order chi connectivity index (χ1) is 33.7. The van der Waals surface area contributed by atoms with Crippen LogP contribution in [0.5, 0.6) is 0 Å². The first-order valence-electron chi connectivity index (χ1n) is 24.1. The van der Waals surface area contributed by atoms with Crippen LogP contribution < -0.4 is 9.80 Å². The molecule has 0 aliphatic heterocycles. The largest absolute Gasteiger partial charge is 0.310 e. The zero-order valence-electron chi connectivity index (χ0n) is 42.4. The number of benzene rings is 6. The summed E-state index contributed by atoms with van der Waals surface area (Å²) in [5.74, 6) is 0. The topological polar surface area (TPSA) is 6.48 Å². The van der Waals surface area contributed by atoms with Crippen molar-refractivity contribution in [3.05, 3.63) is 210 Å². The highest BCUT2D eigenvalue weighted by atomic mass is 32.1. The van der Waals surface area contributed by atoms with E-state index in [1.54, 1.807) is 0 Å². The van der Waals surface area contributed by atoms with E-state index in [-0.39, 0.29) is 0 Å². The van der Waals surface area contributed by atoms with Crippen LogP contribution in [0.15, 0.2) is 143 Å². The van der Waals surface area contributed by atoms with Gasteiger partial charge in [-0.3, -0.25) is 0 Å². The molecule has 10 rings (SSSR count). The minimum Gasteiger partial charge on any atom is -0.310 e. The van der Waals surface area contributed by atoms with Crippen molar-refractivity contribution in [1.29, 1.82) is 0 Å². The Morgan fingerprint density at radius 3 is 0.643 bits per heavy atom. The van der Waals surface area contributed by atoms with E-state index in [0.717, 1.165) is 34.1 Å². The van der Waals surface area contributed by atoms with Crippen LogP contribution in [0.4, 0.5) is 34.1 Å². The van der Waals surface area contributed by atoms with Crippen molar-refractivity contribution in [1.82, 2.24) is 0 Å². The van der Waals surface area contributed by atoms with E-state index in [0.29, 0.717) is 0 Å². The van der Waals surface area contributed by atoms with Gasteiger partial charge in [0.15, 0.2) is 0 Å². The van der Waals surface area contributed by atoms with Gasteiger partial charge in [0.05, 0.1) is 0 Å². The summed E-state index contributed by atoms with van der Waals surface area (Å²) in [6.45, 7) is 26.8. The van der Waals surface area contributed by atoms with E-state index in [9.17, 15) is 0 Å². The number of hydrogen-bond donors (Lipinski definition) is 0. The summed E-state index contributed by atoms with van der Waals surface area (Å²) in [4.78, 5) is 10.3. The molecule has 0 amide bonds. The van der Waals surface area contributed by atoms with Gasteiger partial charge in [0.1, 0.15) is 0 Å².